The summed E-state index contributed by atoms with van der Waals surface area (Å²) >= 11 is 11.7. The fourth-order valence-electron chi connectivity index (χ4n) is 1.73. The van der Waals surface area contributed by atoms with E-state index in [0.29, 0.717) is 18.0 Å². The third-order valence-corrected chi connectivity index (χ3v) is 3.29. The van der Waals surface area contributed by atoms with Gasteiger partial charge in [-0.25, -0.2) is 0 Å². The molecule has 0 fully saturated rings. The Morgan fingerprint density at radius 1 is 1.19 bits per heavy atom. The molecule has 0 heterocycles. The molecule has 4 nitrogen and oxygen atoms in total. The maximum absolute atomic E-state index is 9.50. The molecule has 6 heteroatoms. The average Bonchev–Trinajstić information content (AvgIpc) is 2.49. The summed E-state index contributed by atoms with van der Waals surface area (Å²) in [5.74, 6) is 0.508. The molecule has 0 aliphatic heterocycles. The van der Waals surface area contributed by atoms with Crippen molar-refractivity contribution in [3.8, 4) is 17.6 Å². The number of hydrogen-bond acceptors (Lipinski definition) is 4. The third kappa shape index (κ3) is 4.19. The first kappa shape index (κ1) is 15.3. The van der Waals surface area contributed by atoms with Crippen LogP contribution in [0.1, 0.15) is 5.56 Å². The molecule has 0 unspecified atom stereocenters. The van der Waals surface area contributed by atoms with Crippen molar-refractivity contribution in [2.45, 2.75) is 6.54 Å². The molecule has 0 saturated carbocycles. The second-order valence-electron chi connectivity index (χ2n) is 4.24. The Morgan fingerprint density at radius 3 is 2.57 bits per heavy atom. The topological polar surface area (TPSA) is 65.3 Å². The predicted molar refractivity (Wildman–Crippen MR) is 83.0 cm³/mol. The lowest BCUT2D eigenvalue weighted by molar-refractivity contribution is 0.368. The zero-order valence-electron chi connectivity index (χ0n) is 10.9. The van der Waals surface area contributed by atoms with Crippen molar-refractivity contribution in [3.05, 3.63) is 52.0 Å². The first-order valence-electron chi connectivity index (χ1n) is 6.10. The molecular formula is C15H12Cl2N2O2. The summed E-state index contributed by atoms with van der Waals surface area (Å²) in [7, 11) is 0. The van der Waals surface area contributed by atoms with Gasteiger partial charge in [-0.2, -0.15) is 5.26 Å². The van der Waals surface area contributed by atoms with Crippen LogP contribution in [-0.2, 0) is 6.54 Å². The van der Waals surface area contributed by atoms with Crippen LogP contribution < -0.4 is 10.1 Å². The van der Waals surface area contributed by atoms with E-state index in [-0.39, 0.29) is 22.4 Å². The van der Waals surface area contributed by atoms with Gasteiger partial charge >= 0.3 is 0 Å². The fraction of sp³-hybridized carbons (Fsp3) is 0.133. The lowest BCUT2D eigenvalue weighted by atomic mass is 10.2. The van der Waals surface area contributed by atoms with Crippen LogP contribution in [0, 0.1) is 11.3 Å². The summed E-state index contributed by atoms with van der Waals surface area (Å²) in [5.41, 5.74) is 1.68. The van der Waals surface area contributed by atoms with Gasteiger partial charge in [0.2, 0.25) is 0 Å². The van der Waals surface area contributed by atoms with Crippen LogP contribution in [0.4, 0.5) is 5.69 Å². The van der Waals surface area contributed by atoms with Crippen LogP contribution in [0.15, 0.2) is 36.4 Å². The van der Waals surface area contributed by atoms with Gasteiger partial charge in [0.25, 0.3) is 0 Å². The molecule has 0 aliphatic rings. The van der Waals surface area contributed by atoms with Gasteiger partial charge in [0.1, 0.15) is 11.8 Å². The number of nitrogens with zero attached hydrogens (tertiary/aromatic N) is 1. The SMILES string of the molecule is N#CCOc1cccc(CNc2cc(Cl)c(O)c(Cl)c2)c1. The number of aromatic hydroxyl groups is 1. The molecule has 2 rings (SSSR count). The molecule has 0 amide bonds. The Hall–Kier alpha value is -2.09. The Kier molecular flexibility index (Phi) is 5.15. The summed E-state index contributed by atoms with van der Waals surface area (Å²) in [4.78, 5) is 0. The first-order chi connectivity index (χ1) is 10.1. The fourth-order valence-corrected chi connectivity index (χ4v) is 2.22. The van der Waals surface area contributed by atoms with Gasteiger partial charge in [-0.15, -0.1) is 0 Å². The number of phenolic OH excluding ortho intramolecular Hbond substituents is 1. The zero-order chi connectivity index (χ0) is 15.2. The van der Waals surface area contributed by atoms with Crippen LogP contribution in [0.3, 0.4) is 0 Å². The highest BCUT2D eigenvalue weighted by Crippen LogP contribution is 2.34. The molecular weight excluding hydrogens is 311 g/mol. The predicted octanol–water partition coefficient (Wildman–Crippen LogP) is 4.21. The van der Waals surface area contributed by atoms with E-state index in [1.807, 2.05) is 24.3 Å². The molecule has 21 heavy (non-hydrogen) atoms. The monoisotopic (exact) mass is 322 g/mol. The normalized spacial score (nSPS) is 9.95. The largest absolute Gasteiger partial charge is 0.505 e. The maximum atomic E-state index is 9.50. The molecule has 2 N–H and O–H groups in total. The number of hydrogen-bond donors (Lipinski definition) is 2. The second kappa shape index (κ2) is 7.07. The van der Waals surface area contributed by atoms with E-state index in [9.17, 15) is 5.11 Å². The smallest absolute Gasteiger partial charge is 0.174 e. The minimum Gasteiger partial charge on any atom is -0.505 e. The zero-order valence-corrected chi connectivity index (χ0v) is 12.4. The number of rotatable bonds is 5. The molecule has 0 spiro atoms. The van der Waals surface area contributed by atoms with E-state index in [1.165, 1.54) is 0 Å². The Morgan fingerprint density at radius 2 is 1.90 bits per heavy atom. The molecule has 0 radical (unpaired) electrons. The number of phenols is 1. The van der Waals surface area contributed by atoms with Crippen LogP contribution in [0.5, 0.6) is 11.5 Å². The van der Waals surface area contributed by atoms with Crippen LogP contribution in [-0.4, -0.2) is 11.7 Å². The number of halogens is 2. The van der Waals surface area contributed by atoms with Crippen molar-refractivity contribution < 1.29 is 9.84 Å². The van der Waals surface area contributed by atoms with Crippen molar-refractivity contribution in [1.82, 2.24) is 0 Å². The lowest BCUT2D eigenvalue weighted by Crippen LogP contribution is -2.00. The summed E-state index contributed by atoms with van der Waals surface area (Å²) in [6.45, 7) is 0.543. The van der Waals surface area contributed by atoms with Gasteiger partial charge < -0.3 is 15.2 Å². The molecule has 108 valence electrons. The third-order valence-electron chi connectivity index (χ3n) is 2.72. The summed E-state index contributed by atoms with van der Waals surface area (Å²) in [6, 6.07) is 12.5. The summed E-state index contributed by atoms with van der Waals surface area (Å²) < 4.78 is 5.24. The molecule has 0 aromatic heterocycles. The van der Waals surface area contributed by atoms with Gasteiger partial charge in [0.15, 0.2) is 12.4 Å². The summed E-state index contributed by atoms with van der Waals surface area (Å²) in [5, 5.41) is 21.5. The quantitative estimate of drug-likeness (QED) is 0.809. The number of nitriles is 1. The minimum absolute atomic E-state index is 0.0139. The molecule has 0 atom stereocenters. The second-order valence-corrected chi connectivity index (χ2v) is 5.05. The van der Waals surface area contributed by atoms with Crippen LogP contribution >= 0.6 is 23.2 Å². The van der Waals surface area contributed by atoms with Gasteiger partial charge in [-0.1, -0.05) is 35.3 Å². The first-order valence-corrected chi connectivity index (χ1v) is 6.86. The highest BCUT2D eigenvalue weighted by atomic mass is 35.5. The van der Waals surface area contributed by atoms with Crippen molar-refractivity contribution in [1.29, 1.82) is 5.26 Å². The van der Waals surface area contributed by atoms with Crippen molar-refractivity contribution in [3.63, 3.8) is 0 Å². The van der Waals surface area contributed by atoms with Gasteiger partial charge in [0.05, 0.1) is 10.0 Å². The molecule has 0 bridgehead atoms. The van der Waals surface area contributed by atoms with E-state index >= 15 is 0 Å². The van der Waals surface area contributed by atoms with E-state index in [0.717, 1.165) is 5.56 Å². The van der Waals surface area contributed by atoms with Crippen molar-refractivity contribution in [2.24, 2.45) is 0 Å². The number of ether oxygens (including phenoxy) is 1. The lowest BCUT2D eigenvalue weighted by Gasteiger charge is -2.10. The van der Waals surface area contributed by atoms with Gasteiger partial charge in [-0.3, -0.25) is 0 Å². The van der Waals surface area contributed by atoms with E-state index in [1.54, 1.807) is 18.2 Å². The van der Waals surface area contributed by atoms with Gasteiger partial charge in [-0.05, 0) is 29.8 Å². The number of anilines is 1. The van der Waals surface area contributed by atoms with Crippen LogP contribution in [0.25, 0.3) is 0 Å². The number of benzene rings is 2. The molecule has 0 aliphatic carbocycles. The Bertz CT molecular complexity index is 661. The highest BCUT2D eigenvalue weighted by molar-refractivity contribution is 6.37. The Labute approximate surface area is 132 Å². The Balaban J connectivity index is 2.05. The minimum atomic E-state index is -0.129. The molecule has 2 aromatic carbocycles. The van der Waals surface area contributed by atoms with Crippen molar-refractivity contribution >= 4 is 28.9 Å². The standard InChI is InChI=1S/C15H12Cl2N2O2/c16-13-7-11(8-14(17)15(13)20)19-9-10-2-1-3-12(6-10)21-5-4-18/h1-3,6-8,19-20H,5,9H2. The number of nitrogens with one attached hydrogen (secondary N) is 1. The van der Waals surface area contributed by atoms with Crippen molar-refractivity contribution in [2.75, 3.05) is 11.9 Å². The van der Waals surface area contributed by atoms with E-state index in [4.69, 9.17) is 33.2 Å². The van der Waals surface area contributed by atoms with Gasteiger partial charge in [0, 0.05) is 12.2 Å². The van der Waals surface area contributed by atoms with E-state index in [2.05, 4.69) is 5.32 Å². The molecule has 2 aromatic rings. The summed E-state index contributed by atoms with van der Waals surface area (Å²) in [6.07, 6.45) is 0. The van der Waals surface area contributed by atoms with Crippen LogP contribution in [0.2, 0.25) is 10.0 Å². The average molecular weight is 323 g/mol. The maximum Gasteiger partial charge on any atom is 0.174 e. The van der Waals surface area contributed by atoms with E-state index < -0.39 is 0 Å². The molecule has 0 saturated heterocycles. The highest BCUT2D eigenvalue weighted by Gasteiger charge is 2.06.